The average Bonchev–Trinajstić information content (AvgIpc) is 2.96. The van der Waals surface area contributed by atoms with Gasteiger partial charge >= 0.3 is 0 Å². The molecule has 2 heterocycles. The van der Waals surface area contributed by atoms with E-state index in [2.05, 4.69) is 15.1 Å². The summed E-state index contributed by atoms with van der Waals surface area (Å²) in [7, 11) is 1.61. The van der Waals surface area contributed by atoms with Crippen LogP contribution < -0.4 is 10.5 Å². The second kappa shape index (κ2) is 5.24. The summed E-state index contributed by atoms with van der Waals surface area (Å²) in [4.78, 5) is 8.39. The monoisotopic (exact) mass is 282 g/mol. The lowest BCUT2D eigenvalue weighted by molar-refractivity contribution is 0.413. The minimum absolute atomic E-state index is 0.368. The van der Waals surface area contributed by atoms with E-state index < -0.39 is 0 Å². The van der Waals surface area contributed by atoms with Crippen LogP contribution in [0.15, 0.2) is 41.2 Å². The standard InChI is InChI=1S/C15H14N4O2/c1-9-3-4-12(13(5-9)20-2)14-18-15(21-19-14)10-6-11(16)8-17-7-10/h3-8H,16H2,1-2H3. The van der Waals surface area contributed by atoms with Crippen molar-refractivity contribution >= 4 is 5.69 Å². The first-order valence-electron chi connectivity index (χ1n) is 6.37. The molecule has 21 heavy (non-hydrogen) atoms. The van der Waals surface area contributed by atoms with Crippen LogP contribution >= 0.6 is 0 Å². The van der Waals surface area contributed by atoms with Crippen LogP contribution in [0.1, 0.15) is 5.56 Å². The SMILES string of the molecule is COc1cc(C)ccc1-c1noc(-c2cncc(N)c2)n1. The number of aryl methyl sites for hydroxylation is 1. The molecule has 2 aromatic heterocycles. The first-order chi connectivity index (χ1) is 10.2. The molecule has 6 heteroatoms. The van der Waals surface area contributed by atoms with Crippen molar-refractivity contribution < 1.29 is 9.26 Å². The summed E-state index contributed by atoms with van der Waals surface area (Å²) in [6.07, 6.45) is 3.18. The number of ether oxygens (including phenoxy) is 1. The second-order valence-corrected chi connectivity index (χ2v) is 4.63. The maximum absolute atomic E-state index is 5.70. The molecule has 0 unspecified atom stereocenters. The molecule has 3 rings (SSSR count). The molecule has 0 amide bonds. The summed E-state index contributed by atoms with van der Waals surface area (Å²) in [6.45, 7) is 1.99. The van der Waals surface area contributed by atoms with E-state index in [1.54, 1.807) is 25.6 Å². The number of methoxy groups -OCH3 is 1. The van der Waals surface area contributed by atoms with Crippen LogP contribution in [0.5, 0.6) is 5.75 Å². The summed E-state index contributed by atoms with van der Waals surface area (Å²) in [6, 6.07) is 7.53. The van der Waals surface area contributed by atoms with Gasteiger partial charge in [0.2, 0.25) is 5.82 Å². The summed E-state index contributed by atoms with van der Waals surface area (Å²) < 4.78 is 10.6. The van der Waals surface area contributed by atoms with Crippen molar-refractivity contribution in [1.29, 1.82) is 0 Å². The predicted octanol–water partition coefficient (Wildman–Crippen LogP) is 2.70. The van der Waals surface area contributed by atoms with Gasteiger partial charge in [-0.15, -0.1) is 0 Å². The third-order valence-electron chi connectivity index (χ3n) is 3.03. The second-order valence-electron chi connectivity index (χ2n) is 4.63. The zero-order valence-corrected chi connectivity index (χ0v) is 11.7. The Kier molecular flexibility index (Phi) is 3.27. The Morgan fingerprint density at radius 1 is 1.19 bits per heavy atom. The highest BCUT2D eigenvalue weighted by Crippen LogP contribution is 2.30. The Hall–Kier alpha value is -2.89. The van der Waals surface area contributed by atoms with Gasteiger partial charge in [0.1, 0.15) is 5.75 Å². The molecule has 0 aliphatic rings. The van der Waals surface area contributed by atoms with Gasteiger partial charge in [-0.25, -0.2) is 0 Å². The summed E-state index contributed by atoms with van der Waals surface area (Å²) in [5.74, 6) is 1.53. The van der Waals surface area contributed by atoms with E-state index in [0.717, 1.165) is 11.1 Å². The number of benzene rings is 1. The average molecular weight is 282 g/mol. The lowest BCUT2D eigenvalue weighted by atomic mass is 10.1. The molecule has 6 nitrogen and oxygen atoms in total. The molecule has 0 spiro atoms. The first-order valence-corrected chi connectivity index (χ1v) is 6.37. The maximum atomic E-state index is 5.70. The molecule has 0 fully saturated rings. The molecule has 3 aromatic rings. The number of pyridine rings is 1. The third kappa shape index (κ3) is 2.55. The van der Waals surface area contributed by atoms with Crippen LogP contribution in [0.4, 0.5) is 5.69 Å². The Morgan fingerprint density at radius 2 is 2.05 bits per heavy atom. The molecule has 0 saturated carbocycles. The normalized spacial score (nSPS) is 10.6. The molecular formula is C15H14N4O2. The van der Waals surface area contributed by atoms with Crippen molar-refractivity contribution in [3.63, 3.8) is 0 Å². The smallest absolute Gasteiger partial charge is 0.259 e. The largest absolute Gasteiger partial charge is 0.496 e. The van der Waals surface area contributed by atoms with Crippen molar-refractivity contribution in [2.75, 3.05) is 12.8 Å². The minimum atomic E-state index is 0.368. The van der Waals surface area contributed by atoms with Crippen molar-refractivity contribution in [3.05, 3.63) is 42.2 Å². The maximum Gasteiger partial charge on any atom is 0.259 e. The molecule has 0 aliphatic carbocycles. The van der Waals surface area contributed by atoms with Gasteiger partial charge in [0.05, 0.1) is 23.9 Å². The number of rotatable bonds is 3. The Balaban J connectivity index is 2.02. The Labute approximate surface area is 121 Å². The van der Waals surface area contributed by atoms with Crippen LogP contribution in [0.3, 0.4) is 0 Å². The van der Waals surface area contributed by atoms with Gasteiger partial charge in [-0.05, 0) is 30.7 Å². The van der Waals surface area contributed by atoms with Crippen molar-refractivity contribution in [1.82, 2.24) is 15.1 Å². The van der Waals surface area contributed by atoms with E-state index in [1.807, 2.05) is 25.1 Å². The van der Waals surface area contributed by atoms with Crippen LogP contribution in [0.25, 0.3) is 22.8 Å². The zero-order valence-electron chi connectivity index (χ0n) is 11.7. The zero-order chi connectivity index (χ0) is 14.8. The number of nitrogens with two attached hydrogens (primary N) is 1. The molecule has 0 aliphatic heterocycles. The van der Waals surface area contributed by atoms with E-state index in [-0.39, 0.29) is 0 Å². The lowest BCUT2D eigenvalue weighted by Gasteiger charge is -2.05. The fourth-order valence-corrected chi connectivity index (χ4v) is 2.01. The van der Waals surface area contributed by atoms with Gasteiger partial charge in [0.15, 0.2) is 0 Å². The number of hydrogen-bond donors (Lipinski definition) is 1. The number of aromatic nitrogens is 3. The summed E-state index contributed by atoms with van der Waals surface area (Å²) >= 11 is 0. The quantitative estimate of drug-likeness (QED) is 0.794. The van der Waals surface area contributed by atoms with Crippen molar-refractivity contribution in [2.24, 2.45) is 0 Å². The first kappa shape index (κ1) is 13.1. The van der Waals surface area contributed by atoms with E-state index in [0.29, 0.717) is 28.7 Å². The fourth-order valence-electron chi connectivity index (χ4n) is 2.01. The van der Waals surface area contributed by atoms with Crippen LogP contribution in [-0.4, -0.2) is 22.2 Å². The molecule has 0 radical (unpaired) electrons. The molecule has 0 atom stereocenters. The number of anilines is 1. The molecule has 0 bridgehead atoms. The number of nitrogens with zero attached hydrogens (tertiary/aromatic N) is 3. The van der Waals surface area contributed by atoms with Gasteiger partial charge in [0.25, 0.3) is 5.89 Å². The highest BCUT2D eigenvalue weighted by atomic mass is 16.5. The number of hydrogen-bond acceptors (Lipinski definition) is 6. The van der Waals surface area contributed by atoms with Gasteiger partial charge in [-0.1, -0.05) is 11.2 Å². The molecule has 106 valence electrons. The van der Waals surface area contributed by atoms with Crippen molar-refractivity contribution in [2.45, 2.75) is 6.92 Å². The van der Waals surface area contributed by atoms with Crippen LogP contribution in [-0.2, 0) is 0 Å². The highest BCUT2D eigenvalue weighted by molar-refractivity contribution is 5.67. The molecule has 2 N–H and O–H groups in total. The fraction of sp³-hybridized carbons (Fsp3) is 0.133. The molecular weight excluding hydrogens is 268 g/mol. The van der Waals surface area contributed by atoms with Gasteiger partial charge in [-0.3, -0.25) is 4.98 Å². The predicted molar refractivity (Wildman–Crippen MR) is 78.7 cm³/mol. The molecule has 1 aromatic carbocycles. The van der Waals surface area contributed by atoms with Crippen molar-refractivity contribution in [3.8, 4) is 28.6 Å². The van der Waals surface area contributed by atoms with E-state index in [9.17, 15) is 0 Å². The van der Waals surface area contributed by atoms with E-state index in [1.165, 1.54) is 0 Å². The molecule has 0 saturated heterocycles. The highest BCUT2D eigenvalue weighted by Gasteiger charge is 2.14. The lowest BCUT2D eigenvalue weighted by Crippen LogP contribution is -1.90. The Bertz CT molecular complexity index is 783. The summed E-state index contributed by atoms with van der Waals surface area (Å²) in [5, 5.41) is 4.00. The topological polar surface area (TPSA) is 87.1 Å². The van der Waals surface area contributed by atoms with Crippen LogP contribution in [0.2, 0.25) is 0 Å². The third-order valence-corrected chi connectivity index (χ3v) is 3.03. The van der Waals surface area contributed by atoms with E-state index in [4.69, 9.17) is 15.0 Å². The minimum Gasteiger partial charge on any atom is -0.496 e. The number of nitrogen functional groups attached to an aromatic ring is 1. The summed E-state index contributed by atoms with van der Waals surface area (Å²) in [5.41, 5.74) is 8.80. The van der Waals surface area contributed by atoms with E-state index >= 15 is 0 Å². The van der Waals surface area contributed by atoms with Gasteiger partial charge < -0.3 is 15.0 Å². The van der Waals surface area contributed by atoms with Crippen LogP contribution in [0, 0.1) is 6.92 Å². The van der Waals surface area contributed by atoms with Gasteiger partial charge in [-0.2, -0.15) is 4.98 Å². The Morgan fingerprint density at radius 3 is 2.81 bits per heavy atom. The van der Waals surface area contributed by atoms with Gasteiger partial charge in [0, 0.05) is 12.4 Å².